The number of fused-ring (bicyclic) bond motifs is 1. The van der Waals surface area contributed by atoms with Crippen LogP contribution in [0.3, 0.4) is 0 Å². The van der Waals surface area contributed by atoms with E-state index in [0.717, 1.165) is 18.5 Å². The maximum Gasteiger partial charge on any atom is 0.0306 e. The molecule has 2 rings (SSSR count). The van der Waals surface area contributed by atoms with E-state index < -0.39 is 0 Å². The van der Waals surface area contributed by atoms with Crippen molar-refractivity contribution >= 4 is 0 Å². The van der Waals surface area contributed by atoms with E-state index in [0.29, 0.717) is 0 Å². The zero-order chi connectivity index (χ0) is 13.7. The Balaban J connectivity index is 1.94. The van der Waals surface area contributed by atoms with Crippen molar-refractivity contribution in [1.82, 2.24) is 4.90 Å². The summed E-state index contributed by atoms with van der Waals surface area (Å²) in [6, 6.07) is 0.855. The van der Waals surface area contributed by atoms with Gasteiger partial charge in [-0.3, -0.25) is 4.90 Å². The van der Waals surface area contributed by atoms with Crippen molar-refractivity contribution in [2.45, 2.75) is 89.6 Å². The lowest BCUT2D eigenvalue weighted by molar-refractivity contribution is 0.00744. The maximum atomic E-state index is 6.19. The molecule has 2 heteroatoms. The Hall–Kier alpha value is -0.0800. The van der Waals surface area contributed by atoms with Gasteiger partial charge in [0.1, 0.15) is 0 Å². The van der Waals surface area contributed by atoms with Crippen LogP contribution in [0.2, 0.25) is 0 Å². The van der Waals surface area contributed by atoms with E-state index >= 15 is 0 Å². The molecule has 1 heterocycles. The Labute approximate surface area is 120 Å². The van der Waals surface area contributed by atoms with Gasteiger partial charge in [-0.15, -0.1) is 0 Å². The summed E-state index contributed by atoms with van der Waals surface area (Å²) in [5.74, 6) is 0.982. The third-order valence-corrected chi connectivity index (χ3v) is 5.70. The number of nitrogens with zero attached hydrogens (tertiary/aromatic N) is 1. The molecule has 2 N–H and O–H groups in total. The van der Waals surface area contributed by atoms with Gasteiger partial charge in [0.15, 0.2) is 0 Å². The monoisotopic (exact) mass is 266 g/mol. The summed E-state index contributed by atoms with van der Waals surface area (Å²) >= 11 is 0. The predicted molar refractivity (Wildman–Crippen MR) is 83.3 cm³/mol. The van der Waals surface area contributed by atoms with Crippen molar-refractivity contribution in [1.29, 1.82) is 0 Å². The van der Waals surface area contributed by atoms with Gasteiger partial charge in [0.2, 0.25) is 0 Å². The number of hydrogen-bond donors (Lipinski definition) is 1. The standard InChI is InChI=1S/C17H34N2/c1-3-4-5-6-12-17(2,14-18)19-13-8-10-15-9-7-11-16(15)19/h15-16H,3-14,18H2,1-2H3. The fourth-order valence-electron chi connectivity index (χ4n) is 4.42. The van der Waals surface area contributed by atoms with Crippen LogP contribution in [0, 0.1) is 5.92 Å². The van der Waals surface area contributed by atoms with Crippen molar-refractivity contribution in [3.8, 4) is 0 Å². The highest BCUT2D eigenvalue weighted by Crippen LogP contribution is 2.41. The maximum absolute atomic E-state index is 6.19. The van der Waals surface area contributed by atoms with Crippen molar-refractivity contribution in [2.24, 2.45) is 11.7 Å². The molecule has 0 aromatic rings. The second-order valence-corrected chi connectivity index (χ2v) is 7.11. The lowest BCUT2D eigenvalue weighted by atomic mass is 9.84. The van der Waals surface area contributed by atoms with E-state index in [1.165, 1.54) is 70.8 Å². The molecule has 2 fully saturated rings. The second kappa shape index (κ2) is 7.08. The van der Waals surface area contributed by atoms with Gasteiger partial charge in [0.05, 0.1) is 0 Å². The molecule has 0 aromatic carbocycles. The lowest BCUT2D eigenvalue weighted by Gasteiger charge is -2.49. The number of piperidine rings is 1. The topological polar surface area (TPSA) is 29.3 Å². The first kappa shape index (κ1) is 15.3. The third kappa shape index (κ3) is 3.52. The Bertz CT molecular complexity index is 266. The summed E-state index contributed by atoms with van der Waals surface area (Å²) in [7, 11) is 0. The van der Waals surface area contributed by atoms with Crippen molar-refractivity contribution in [2.75, 3.05) is 13.1 Å². The number of unbranched alkanes of at least 4 members (excludes halogenated alkanes) is 3. The molecule has 1 saturated carbocycles. The molecular weight excluding hydrogens is 232 g/mol. The average molecular weight is 266 g/mol. The van der Waals surface area contributed by atoms with Gasteiger partial charge in [0.25, 0.3) is 0 Å². The van der Waals surface area contributed by atoms with Crippen molar-refractivity contribution in [3.05, 3.63) is 0 Å². The van der Waals surface area contributed by atoms with E-state index in [1.54, 1.807) is 0 Å². The van der Waals surface area contributed by atoms with Crippen LogP contribution in [0.4, 0.5) is 0 Å². The summed E-state index contributed by atoms with van der Waals surface area (Å²) in [5.41, 5.74) is 6.46. The highest BCUT2D eigenvalue weighted by Gasteiger charge is 2.42. The van der Waals surface area contributed by atoms with Gasteiger partial charge >= 0.3 is 0 Å². The van der Waals surface area contributed by atoms with Crippen molar-refractivity contribution in [3.63, 3.8) is 0 Å². The van der Waals surface area contributed by atoms with Crippen LogP contribution in [-0.2, 0) is 0 Å². The first-order chi connectivity index (χ1) is 9.21. The molecule has 2 nitrogen and oxygen atoms in total. The van der Waals surface area contributed by atoms with Crippen LogP contribution < -0.4 is 5.73 Å². The molecule has 19 heavy (non-hydrogen) atoms. The largest absolute Gasteiger partial charge is 0.329 e. The molecule has 0 spiro atoms. The summed E-state index contributed by atoms with van der Waals surface area (Å²) < 4.78 is 0. The van der Waals surface area contributed by atoms with E-state index in [1.807, 2.05) is 0 Å². The zero-order valence-corrected chi connectivity index (χ0v) is 13.2. The second-order valence-electron chi connectivity index (χ2n) is 7.11. The van der Waals surface area contributed by atoms with E-state index in [-0.39, 0.29) is 5.54 Å². The Morgan fingerprint density at radius 2 is 1.89 bits per heavy atom. The SMILES string of the molecule is CCCCCCC(C)(CN)N1CCCC2CCCC21. The quantitative estimate of drug-likeness (QED) is 0.707. The first-order valence-electron chi connectivity index (χ1n) is 8.68. The van der Waals surface area contributed by atoms with Crippen LogP contribution in [0.5, 0.6) is 0 Å². The minimum atomic E-state index is 0.265. The Kier molecular flexibility index (Phi) is 5.70. The van der Waals surface area contributed by atoms with Gasteiger partial charge < -0.3 is 5.73 Å². The molecule has 2 aliphatic rings. The van der Waals surface area contributed by atoms with Crippen LogP contribution in [0.25, 0.3) is 0 Å². The van der Waals surface area contributed by atoms with E-state index in [2.05, 4.69) is 18.7 Å². The summed E-state index contributed by atoms with van der Waals surface area (Å²) in [6.45, 7) is 6.85. The minimum Gasteiger partial charge on any atom is -0.329 e. The van der Waals surface area contributed by atoms with Crippen LogP contribution in [0.15, 0.2) is 0 Å². The zero-order valence-electron chi connectivity index (χ0n) is 13.2. The highest BCUT2D eigenvalue weighted by molar-refractivity contribution is 4.98. The van der Waals surface area contributed by atoms with E-state index in [4.69, 9.17) is 5.73 Å². The molecule has 0 bridgehead atoms. The molecule has 3 unspecified atom stereocenters. The van der Waals surface area contributed by atoms with Crippen LogP contribution in [0.1, 0.15) is 78.1 Å². The van der Waals surface area contributed by atoms with Gasteiger partial charge in [0, 0.05) is 18.1 Å². The summed E-state index contributed by atoms with van der Waals surface area (Å²) in [4.78, 5) is 2.82. The predicted octanol–water partition coefficient (Wildman–Crippen LogP) is 3.94. The van der Waals surface area contributed by atoms with Crippen LogP contribution >= 0.6 is 0 Å². The molecule has 1 aliphatic carbocycles. The fourth-order valence-corrected chi connectivity index (χ4v) is 4.42. The molecule has 112 valence electrons. The van der Waals surface area contributed by atoms with Crippen molar-refractivity contribution < 1.29 is 0 Å². The summed E-state index contributed by atoms with van der Waals surface area (Å²) in [6.07, 6.45) is 14.0. The van der Waals surface area contributed by atoms with Crippen LogP contribution in [-0.4, -0.2) is 29.6 Å². The molecule has 0 amide bonds. The third-order valence-electron chi connectivity index (χ3n) is 5.70. The fraction of sp³-hybridized carbons (Fsp3) is 1.00. The number of hydrogen-bond acceptors (Lipinski definition) is 2. The van der Waals surface area contributed by atoms with Gasteiger partial charge in [-0.25, -0.2) is 0 Å². The molecule has 3 atom stereocenters. The number of nitrogens with two attached hydrogens (primary N) is 1. The first-order valence-corrected chi connectivity index (χ1v) is 8.68. The summed E-state index contributed by atoms with van der Waals surface area (Å²) in [5, 5.41) is 0. The molecule has 1 saturated heterocycles. The normalized spacial score (nSPS) is 31.1. The van der Waals surface area contributed by atoms with Gasteiger partial charge in [-0.1, -0.05) is 39.0 Å². The molecule has 1 aliphatic heterocycles. The number of likely N-dealkylation sites (tertiary alicyclic amines) is 1. The minimum absolute atomic E-state index is 0.265. The highest BCUT2D eigenvalue weighted by atomic mass is 15.2. The Morgan fingerprint density at radius 3 is 2.63 bits per heavy atom. The Morgan fingerprint density at radius 1 is 1.11 bits per heavy atom. The lowest BCUT2D eigenvalue weighted by Crippen LogP contribution is -2.58. The smallest absolute Gasteiger partial charge is 0.0306 e. The molecule has 0 aromatic heterocycles. The number of rotatable bonds is 7. The molecule has 0 radical (unpaired) electrons. The van der Waals surface area contributed by atoms with Gasteiger partial charge in [-0.05, 0) is 51.5 Å². The van der Waals surface area contributed by atoms with E-state index in [9.17, 15) is 0 Å². The van der Waals surface area contributed by atoms with Gasteiger partial charge in [-0.2, -0.15) is 0 Å². The molecular formula is C17H34N2. The average Bonchev–Trinajstić information content (AvgIpc) is 2.91.